The van der Waals surface area contributed by atoms with Crippen molar-refractivity contribution in [2.45, 2.75) is 6.54 Å². The predicted octanol–water partition coefficient (Wildman–Crippen LogP) is 4.25. The van der Waals surface area contributed by atoms with Gasteiger partial charge in [0.1, 0.15) is 0 Å². The molecule has 0 spiro atoms. The third kappa shape index (κ3) is 4.93. The molecule has 156 valence electrons. The number of H-pyrrole nitrogens is 1. The Labute approximate surface area is 186 Å². The highest BCUT2D eigenvalue weighted by Gasteiger charge is 2.11. The van der Waals surface area contributed by atoms with E-state index in [1.165, 1.54) is 4.68 Å². The largest absolute Gasteiger partial charge is 0.334 e. The number of pyridine rings is 2. The molecule has 0 fully saturated rings. The number of hydrogen-bond acceptors (Lipinski definition) is 4. The van der Waals surface area contributed by atoms with Crippen LogP contribution in [0, 0.1) is 0 Å². The molecule has 0 bridgehead atoms. The molecule has 0 atom stereocenters. The van der Waals surface area contributed by atoms with E-state index in [1.54, 1.807) is 67.3 Å². The molecular formula is C21H16Cl2N6O2. The molecule has 4 aromatic rings. The Kier molecular flexibility index (Phi) is 6.01. The molecule has 3 heterocycles. The molecule has 8 nitrogen and oxygen atoms in total. The van der Waals surface area contributed by atoms with Crippen molar-refractivity contribution < 1.29 is 4.79 Å². The summed E-state index contributed by atoms with van der Waals surface area (Å²) in [7, 11) is 0. The van der Waals surface area contributed by atoms with E-state index in [1.807, 2.05) is 0 Å². The van der Waals surface area contributed by atoms with Gasteiger partial charge in [-0.15, -0.1) is 0 Å². The first-order chi connectivity index (χ1) is 15.0. The Morgan fingerprint density at radius 3 is 2.65 bits per heavy atom. The summed E-state index contributed by atoms with van der Waals surface area (Å²) in [5.41, 5.74) is 2.18. The Balaban J connectivity index is 1.46. The number of nitrogens with one attached hydrogen (secondary N) is 3. The van der Waals surface area contributed by atoms with Gasteiger partial charge in [0.15, 0.2) is 5.82 Å². The topological polar surface area (TPSA) is 105 Å². The fraction of sp³-hybridized carbons (Fsp3) is 0.0476. The Hall–Kier alpha value is -3.62. The second kappa shape index (κ2) is 9.03. The van der Waals surface area contributed by atoms with Gasteiger partial charge in [0, 0.05) is 52.6 Å². The standard InChI is InChI=1S/C21H16Cl2N6O2/c22-15-7-16(23)9-17(8-15)28-21(31)26-10-13-3-5-25-19(6-13)29-20(30)18(12-27-29)14-2-1-4-24-11-14/h1-9,11-12,27H,10H2,(H2,26,28,31). The van der Waals surface area contributed by atoms with Crippen LogP contribution in [-0.2, 0) is 6.54 Å². The Bertz CT molecular complexity index is 1270. The number of aromatic nitrogens is 4. The number of aromatic amines is 1. The lowest BCUT2D eigenvalue weighted by Crippen LogP contribution is -2.28. The van der Waals surface area contributed by atoms with Crippen LogP contribution in [0.3, 0.4) is 0 Å². The molecule has 0 radical (unpaired) electrons. The summed E-state index contributed by atoms with van der Waals surface area (Å²) in [6.07, 6.45) is 6.44. The number of nitrogens with zero attached hydrogens (tertiary/aromatic N) is 3. The molecule has 0 aliphatic rings. The SMILES string of the molecule is O=C(NCc1ccnc(-n2[nH]cc(-c3cccnc3)c2=O)c1)Nc1cc(Cl)cc(Cl)c1. The molecule has 3 aromatic heterocycles. The zero-order valence-electron chi connectivity index (χ0n) is 16.0. The first-order valence-electron chi connectivity index (χ1n) is 9.17. The zero-order chi connectivity index (χ0) is 21.8. The molecule has 0 aliphatic heterocycles. The van der Waals surface area contributed by atoms with Gasteiger partial charge in [0.05, 0.1) is 5.56 Å². The monoisotopic (exact) mass is 454 g/mol. The van der Waals surface area contributed by atoms with E-state index >= 15 is 0 Å². The normalized spacial score (nSPS) is 10.6. The summed E-state index contributed by atoms with van der Waals surface area (Å²) in [5.74, 6) is 0.404. The minimum Gasteiger partial charge on any atom is -0.334 e. The summed E-state index contributed by atoms with van der Waals surface area (Å²) in [6.45, 7) is 0.223. The lowest BCUT2D eigenvalue weighted by molar-refractivity contribution is 0.251. The van der Waals surface area contributed by atoms with Crippen LogP contribution in [0.4, 0.5) is 10.5 Å². The lowest BCUT2D eigenvalue weighted by Gasteiger charge is -2.09. The van der Waals surface area contributed by atoms with Gasteiger partial charge in [-0.1, -0.05) is 29.3 Å². The molecule has 0 unspecified atom stereocenters. The van der Waals surface area contributed by atoms with Crippen molar-refractivity contribution in [2.75, 3.05) is 5.32 Å². The number of anilines is 1. The quantitative estimate of drug-likeness (QED) is 0.419. The van der Waals surface area contributed by atoms with Crippen LogP contribution in [0.15, 0.2) is 72.0 Å². The molecule has 0 saturated carbocycles. The van der Waals surface area contributed by atoms with Crippen molar-refractivity contribution in [1.29, 1.82) is 0 Å². The fourth-order valence-electron chi connectivity index (χ4n) is 2.95. The van der Waals surface area contributed by atoms with Crippen LogP contribution in [0.25, 0.3) is 16.9 Å². The second-order valence-corrected chi connectivity index (χ2v) is 7.43. The minimum absolute atomic E-state index is 0.223. The second-order valence-electron chi connectivity index (χ2n) is 6.56. The summed E-state index contributed by atoms with van der Waals surface area (Å²) in [4.78, 5) is 33.2. The van der Waals surface area contributed by atoms with Gasteiger partial charge in [0.25, 0.3) is 5.56 Å². The summed E-state index contributed by atoms with van der Waals surface area (Å²) in [5, 5.41) is 9.16. The summed E-state index contributed by atoms with van der Waals surface area (Å²) >= 11 is 11.9. The fourth-order valence-corrected chi connectivity index (χ4v) is 3.47. The van der Waals surface area contributed by atoms with Crippen LogP contribution >= 0.6 is 23.2 Å². The Morgan fingerprint density at radius 1 is 1.10 bits per heavy atom. The van der Waals surface area contributed by atoms with E-state index < -0.39 is 6.03 Å². The van der Waals surface area contributed by atoms with Gasteiger partial charge in [-0.3, -0.25) is 14.9 Å². The number of halogens is 2. The molecule has 4 rings (SSSR count). The molecule has 0 aliphatic carbocycles. The van der Waals surface area contributed by atoms with Gasteiger partial charge in [0.2, 0.25) is 0 Å². The van der Waals surface area contributed by atoms with Crippen LogP contribution in [0.1, 0.15) is 5.56 Å². The summed E-state index contributed by atoms with van der Waals surface area (Å²) < 4.78 is 1.33. The first-order valence-corrected chi connectivity index (χ1v) is 9.92. The van der Waals surface area contributed by atoms with Crippen molar-refractivity contribution in [3.05, 3.63) is 93.2 Å². The lowest BCUT2D eigenvalue weighted by atomic mass is 10.2. The van der Waals surface area contributed by atoms with Gasteiger partial charge in [-0.2, -0.15) is 0 Å². The number of amides is 2. The van der Waals surface area contributed by atoms with Crippen LogP contribution in [0.2, 0.25) is 10.0 Å². The number of rotatable bonds is 5. The van der Waals surface area contributed by atoms with E-state index in [4.69, 9.17) is 23.2 Å². The van der Waals surface area contributed by atoms with E-state index in [0.29, 0.717) is 32.7 Å². The average molecular weight is 455 g/mol. The van der Waals surface area contributed by atoms with E-state index in [-0.39, 0.29) is 12.1 Å². The van der Waals surface area contributed by atoms with Crippen molar-refractivity contribution in [2.24, 2.45) is 0 Å². The maximum atomic E-state index is 12.8. The highest BCUT2D eigenvalue weighted by molar-refractivity contribution is 6.35. The molecule has 2 amide bonds. The van der Waals surface area contributed by atoms with E-state index in [2.05, 4.69) is 25.7 Å². The number of carbonyl (C=O) groups excluding carboxylic acids is 1. The molecule has 0 saturated heterocycles. The van der Waals surface area contributed by atoms with Crippen LogP contribution in [-0.4, -0.2) is 25.8 Å². The third-order valence-corrected chi connectivity index (χ3v) is 4.79. The van der Waals surface area contributed by atoms with Gasteiger partial charge < -0.3 is 10.6 Å². The number of benzene rings is 1. The smallest absolute Gasteiger partial charge is 0.319 e. The molecule has 10 heteroatoms. The van der Waals surface area contributed by atoms with Crippen molar-refractivity contribution in [3.8, 4) is 16.9 Å². The van der Waals surface area contributed by atoms with Gasteiger partial charge >= 0.3 is 6.03 Å². The molecule has 31 heavy (non-hydrogen) atoms. The number of urea groups is 1. The van der Waals surface area contributed by atoms with Gasteiger partial charge in [-0.25, -0.2) is 14.5 Å². The maximum absolute atomic E-state index is 12.8. The minimum atomic E-state index is -0.424. The molecular weight excluding hydrogens is 439 g/mol. The highest BCUT2D eigenvalue weighted by atomic mass is 35.5. The highest BCUT2D eigenvalue weighted by Crippen LogP contribution is 2.22. The first kappa shape index (κ1) is 20.6. The van der Waals surface area contributed by atoms with E-state index in [0.717, 1.165) is 5.56 Å². The predicted molar refractivity (Wildman–Crippen MR) is 120 cm³/mol. The Morgan fingerprint density at radius 2 is 1.90 bits per heavy atom. The van der Waals surface area contributed by atoms with E-state index in [9.17, 15) is 9.59 Å². The number of hydrogen-bond donors (Lipinski definition) is 3. The summed E-state index contributed by atoms with van der Waals surface area (Å²) in [6, 6.07) is 11.4. The third-order valence-electron chi connectivity index (χ3n) is 4.36. The van der Waals surface area contributed by atoms with Crippen LogP contribution < -0.4 is 16.2 Å². The zero-order valence-corrected chi connectivity index (χ0v) is 17.5. The molecule has 3 N–H and O–H groups in total. The number of carbonyl (C=O) groups is 1. The van der Waals surface area contributed by atoms with Crippen molar-refractivity contribution in [1.82, 2.24) is 25.1 Å². The average Bonchev–Trinajstić information content (AvgIpc) is 3.14. The maximum Gasteiger partial charge on any atom is 0.319 e. The van der Waals surface area contributed by atoms with Gasteiger partial charge in [-0.05, 0) is 42.0 Å². The molecule has 1 aromatic carbocycles. The van der Waals surface area contributed by atoms with Crippen molar-refractivity contribution in [3.63, 3.8) is 0 Å². The van der Waals surface area contributed by atoms with Crippen molar-refractivity contribution >= 4 is 34.9 Å². The van der Waals surface area contributed by atoms with Crippen LogP contribution in [0.5, 0.6) is 0 Å².